The fraction of sp³-hybridized carbons (Fsp3) is 0.562. The van der Waals surface area contributed by atoms with Crippen molar-refractivity contribution in [1.29, 1.82) is 0 Å². The molecule has 1 unspecified atom stereocenters. The van der Waals surface area contributed by atoms with Crippen LogP contribution in [-0.2, 0) is 0 Å². The molecule has 1 aliphatic carbocycles. The highest BCUT2D eigenvalue weighted by Gasteiger charge is 2.26. The van der Waals surface area contributed by atoms with Crippen LogP contribution < -0.4 is 10.6 Å². The third-order valence-corrected chi connectivity index (χ3v) is 5.49. The van der Waals surface area contributed by atoms with E-state index in [4.69, 9.17) is 0 Å². The molecule has 0 saturated heterocycles. The zero-order chi connectivity index (χ0) is 14.1. The van der Waals surface area contributed by atoms with Gasteiger partial charge in [-0.1, -0.05) is 19.3 Å². The van der Waals surface area contributed by atoms with Gasteiger partial charge in [-0.15, -0.1) is 11.3 Å². The lowest BCUT2D eigenvalue weighted by Crippen LogP contribution is -2.36. The van der Waals surface area contributed by atoms with Gasteiger partial charge in [-0.2, -0.15) is 0 Å². The normalized spacial score (nSPS) is 22.7. The molecule has 2 aliphatic rings. The molecule has 0 aromatic carbocycles. The van der Waals surface area contributed by atoms with Crippen molar-refractivity contribution in [2.24, 2.45) is 0 Å². The standard InChI is InChI=1S/C16H22N2OS/c1-10-8-17-11(2)14-13(9-20-15(10)14)16(19)18-12-6-4-3-5-7-12/h8-9,11-12,17H,3-7H2,1-2H3,(H,18,19). The summed E-state index contributed by atoms with van der Waals surface area (Å²) >= 11 is 1.69. The predicted molar refractivity (Wildman–Crippen MR) is 83.9 cm³/mol. The molecule has 1 amide bonds. The van der Waals surface area contributed by atoms with E-state index in [0.717, 1.165) is 18.4 Å². The van der Waals surface area contributed by atoms with E-state index in [1.807, 2.05) is 11.6 Å². The second kappa shape index (κ2) is 5.60. The second-order valence-corrected chi connectivity index (χ2v) is 6.80. The summed E-state index contributed by atoms with van der Waals surface area (Å²) in [5.74, 6) is 0.109. The predicted octanol–water partition coefficient (Wildman–Crippen LogP) is 3.84. The molecule has 3 nitrogen and oxygen atoms in total. The smallest absolute Gasteiger partial charge is 0.252 e. The molecule has 1 aromatic heterocycles. The van der Waals surface area contributed by atoms with Crippen molar-refractivity contribution in [2.45, 2.75) is 58.0 Å². The molecule has 1 atom stereocenters. The van der Waals surface area contributed by atoms with E-state index in [2.05, 4.69) is 24.5 Å². The van der Waals surface area contributed by atoms with Crippen LogP contribution in [0.15, 0.2) is 11.6 Å². The number of amides is 1. The Morgan fingerprint density at radius 3 is 2.85 bits per heavy atom. The maximum Gasteiger partial charge on any atom is 0.252 e. The molecule has 20 heavy (non-hydrogen) atoms. The molecule has 0 radical (unpaired) electrons. The van der Waals surface area contributed by atoms with Gasteiger partial charge in [0.25, 0.3) is 5.91 Å². The lowest BCUT2D eigenvalue weighted by Gasteiger charge is -2.24. The van der Waals surface area contributed by atoms with Crippen molar-refractivity contribution >= 4 is 22.8 Å². The first-order valence-electron chi connectivity index (χ1n) is 7.52. The fourth-order valence-corrected chi connectivity index (χ4v) is 4.32. The van der Waals surface area contributed by atoms with Gasteiger partial charge in [-0.05, 0) is 32.3 Å². The van der Waals surface area contributed by atoms with E-state index in [1.54, 1.807) is 11.3 Å². The summed E-state index contributed by atoms with van der Waals surface area (Å²) in [5, 5.41) is 8.58. The van der Waals surface area contributed by atoms with Crippen molar-refractivity contribution in [3.8, 4) is 0 Å². The Morgan fingerprint density at radius 1 is 1.35 bits per heavy atom. The Kier molecular flexibility index (Phi) is 3.83. The van der Waals surface area contributed by atoms with E-state index in [-0.39, 0.29) is 11.9 Å². The highest BCUT2D eigenvalue weighted by atomic mass is 32.1. The topological polar surface area (TPSA) is 41.1 Å². The van der Waals surface area contributed by atoms with Gasteiger partial charge in [0.1, 0.15) is 0 Å². The molecule has 1 fully saturated rings. The molecule has 2 heterocycles. The minimum atomic E-state index is 0.109. The highest BCUT2D eigenvalue weighted by molar-refractivity contribution is 7.11. The zero-order valence-electron chi connectivity index (χ0n) is 12.2. The third kappa shape index (κ3) is 2.49. The number of thiophene rings is 1. The summed E-state index contributed by atoms with van der Waals surface area (Å²) in [6.45, 7) is 4.21. The third-order valence-electron chi connectivity index (χ3n) is 4.36. The summed E-state index contributed by atoms with van der Waals surface area (Å²) in [6.07, 6.45) is 8.10. The Hall–Kier alpha value is -1.29. The van der Waals surface area contributed by atoms with Crippen LogP contribution in [0.2, 0.25) is 0 Å². The minimum absolute atomic E-state index is 0.109. The van der Waals surface area contributed by atoms with Crippen LogP contribution in [0, 0.1) is 0 Å². The van der Waals surface area contributed by atoms with Gasteiger partial charge in [0.2, 0.25) is 0 Å². The lowest BCUT2D eigenvalue weighted by molar-refractivity contribution is 0.0926. The van der Waals surface area contributed by atoms with Gasteiger partial charge >= 0.3 is 0 Å². The van der Waals surface area contributed by atoms with Crippen molar-refractivity contribution in [1.82, 2.24) is 10.6 Å². The number of nitrogens with one attached hydrogen (secondary N) is 2. The number of hydrogen-bond donors (Lipinski definition) is 2. The van der Waals surface area contributed by atoms with Gasteiger partial charge in [0.15, 0.2) is 0 Å². The van der Waals surface area contributed by atoms with Gasteiger partial charge < -0.3 is 10.6 Å². The van der Waals surface area contributed by atoms with Crippen molar-refractivity contribution in [3.63, 3.8) is 0 Å². The number of hydrogen-bond acceptors (Lipinski definition) is 3. The van der Waals surface area contributed by atoms with Crippen LogP contribution in [0.4, 0.5) is 0 Å². The molecule has 1 saturated carbocycles. The van der Waals surface area contributed by atoms with E-state index in [1.165, 1.54) is 35.3 Å². The first kappa shape index (κ1) is 13.7. The summed E-state index contributed by atoms with van der Waals surface area (Å²) < 4.78 is 0. The van der Waals surface area contributed by atoms with E-state index in [9.17, 15) is 4.79 Å². The highest BCUT2D eigenvalue weighted by Crippen LogP contribution is 2.36. The molecule has 4 heteroatoms. The van der Waals surface area contributed by atoms with Crippen LogP contribution in [0.1, 0.15) is 72.8 Å². The number of fused-ring (bicyclic) bond motifs is 1. The zero-order valence-corrected chi connectivity index (χ0v) is 13.0. The summed E-state index contributed by atoms with van der Waals surface area (Å²) in [4.78, 5) is 13.8. The summed E-state index contributed by atoms with van der Waals surface area (Å²) in [6, 6.07) is 0.586. The molecule has 2 N–H and O–H groups in total. The second-order valence-electron chi connectivity index (χ2n) is 5.92. The molecular formula is C16H22N2OS. The van der Waals surface area contributed by atoms with E-state index >= 15 is 0 Å². The fourth-order valence-electron chi connectivity index (χ4n) is 3.19. The molecule has 0 spiro atoms. The molecular weight excluding hydrogens is 268 g/mol. The van der Waals surface area contributed by atoms with Gasteiger partial charge in [0.05, 0.1) is 11.6 Å². The van der Waals surface area contributed by atoms with Gasteiger partial charge in [-0.3, -0.25) is 4.79 Å². The number of allylic oxidation sites excluding steroid dienone is 1. The van der Waals surface area contributed by atoms with E-state index in [0.29, 0.717) is 6.04 Å². The van der Waals surface area contributed by atoms with Crippen LogP contribution in [-0.4, -0.2) is 11.9 Å². The Morgan fingerprint density at radius 2 is 2.10 bits per heavy atom. The number of carbonyl (C=O) groups is 1. The number of carbonyl (C=O) groups excluding carboxylic acids is 1. The van der Waals surface area contributed by atoms with Crippen LogP contribution in [0.25, 0.3) is 5.57 Å². The monoisotopic (exact) mass is 290 g/mol. The van der Waals surface area contributed by atoms with E-state index < -0.39 is 0 Å². The molecule has 3 rings (SSSR count). The summed E-state index contributed by atoms with van der Waals surface area (Å²) in [5.41, 5.74) is 3.26. The molecule has 0 bridgehead atoms. The van der Waals surface area contributed by atoms with Gasteiger partial charge in [-0.25, -0.2) is 0 Å². The minimum Gasteiger partial charge on any atom is -0.384 e. The quantitative estimate of drug-likeness (QED) is 0.869. The first-order valence-corrected chi connectivity index (χ1v) is 8.40. The molecule has 1 aliphatic heterocycles. The van der Waals surface area contributed by atoms with Crippen LogP contribution in [0.5, 0.6) is 0 Å². The molecule has 1 aromatic rings. The van der Waals surface area contributed by atoms with Crippen molar-refractivity contribution < 1.29 is 4.79 Å². The average molecular weight is 290 g/mol. The number of rotatable bonds is 2. The van der Waals surface area contributed by atoms with Crippen LogP contribution >= 0.6 is 11.3 Å². The average Bonchev–Trinajstić information content (AvgIpc) is 2.90. The maximum atomic E-state index is 12.5. The first-order chi connectivity index (χ1) is 9.66. The largest absolute Gasteiger partial charge is 0.384 e. The summed E-state index contributed by atoms with van der Waals surface area (Å²) in [7, 11) is 0. The maximum absolute atomic E-state index is 12.5. The lowest BCUT2D eigenvalue weighted by atomic mass is 9.94. The Labute approximate surface area is 124 Å². The Balaban J connectivity index is 1.80. The van der Waals surface area contributed by atoms with Crippen molar-refractivity contribution in [3.05, 3.63) is 27.6 Å². The van der Waals surface area contributed by atoms with Crippen LogP contribution in [0.3, 0.4) is 0 Å². The molecule has 108 valence electrons. The SMILES string of the molecule is CC1=CNC(C)c2c(C(=O)NC3CCCCC3)csc21. The van der Waals surface area contributed by atoms with Crippen molar-refractivity contribution in [2.75, 3.05) is 0 Å². The Bertz CT molecular complexity index is 541. The van der Waals surface area contributed by atoms with Gasteiger partial charge in [0, 0.05) is 28.1 Å².